The first-order valence-electron chi connectivity index (χ1n) is 6.24. The fourth-order valence-electron chi connectivity index (χ4n) is 2.24. The Bertz CT molecular complexity index is 851. The summed E-state index contributed by atoms with van der Waals surface area (Å²) in [4.78, 5) is 12.6. The van der Waals surface area contributed by atoms with Gasteiger partial charge in [0.25, 0.3) is 0 Å². The smallest absolute Gasteiger partial charge is 0.309 e. The molecule has 3 aromatic rings. The van der Waals surface area contributed by atoms with Gasteiger partial charge in [-0.3, -0.25) is 4.79 Å². The second-order valence-electron chi connectivity index (χ2n) is 4.39. The lowest BCUT2D eigenvalue weighted by Gasteiger charge is -2.04. The third-order valence-electron chi connectivity index (χ3n) is 3.23. The Hall–Kier alpha value is -2.31. The van der Waals surface area contributed by atoms with Crippen LogP contribution in [0, 0.1) is 0 Å². The molecule has 0 aliphatic rings. The van der Waals surface area contributed by atoms with Crippen molar-refractivity contribution in [2.45, 2.75) is 0 Å². The van der Waals surface area contributed by atoms with Gasteiger partial charge in [-0.05, 0) is 18.2 Å². The number of rotatable bonds is 3. The molecule has 0 aliphatic heterocycles. The molecule has 0 spiro atoms. The number of hydrogen-bond acceptors (Lipinski definition) is 4. The van der Waals surface area contributed by atoms with Crippen LogP contribution in [0.1, 0.15) is 0 Å². The molecule has 108 valence electrons. The van der Waals surface area contributed by atoms with Gasteiger partial charge in [0.2, 0.25) is 4.70 Å². The predicted octanol–water partition coefficient (Wildman–Crippen LogP) is 2.74. The zero-order valence-electron chi connectivity index (χ0n) is 11.5. The van der Waals surface area contributed by atoms with Gasteiger partial charge in [0.05, 0.1) is 30.9 Å². The van der Waals surface area contributed by atoms with Crippen molar-refractivity contribution in [3.63, 3.8) is 0 Å². The average Bonchev–Trinajstić information content (AvgIpc) is 2.78. The molecule has 0 radical (unpaired) electrons. The lowest BCUT2D eigenvalue weighted by atomic mass is 10.2. The Morgan fingerprint density at radius 3 is 2.43 bits per heavy atom. The van der Waals surface area contributed by atoms with Gasteiger partial charge in [-0.2, -0.15) is 0 Å². The van der Waals surface area contributed by atoms with Crippen molar-refractivity contribution in [3.05, 3.63) is 52.8 Å². The molecule has 1 aromatic heterocycles. The molecule has 0 saturated heterocycles. The van der Waals surface area contributed by atoms with E-state index in [-0.39, 0.29) is 5.56 Å². The number of benzene rings is 2. The summed E-state index contributed by atoms with van der Waals surface area (Å²) < 4.78 is 24.7. The van der Waals surface area contributed by atoms with E-state index in [0.717, 1.165) is 0 Å². The first-order chi connectivity index (χ1) is 10.2. The van der Waals surface area contributed by atoms with Crippen LogP contribution in [-0.4, -0.2) is 22.7 Å². The largest absolute Gasteiger partial charge is 0.569 e. The van der Waals surface area contributed by atoms with Crippen molar-refractivity contribution >= 4 is 21.0 Å². The van der Waals surface area contributed by atoms with Crippen molar-refractivity contribution in [1.82, 2.24) is 3.96 Å². The summed E-state index contributed by atoms with van der Waals surface area (Å²) in [6, 6.07) is 12.1. The van der Waals surface area contributed by atoms with E-state index in [9.17, 15) is 9.35 Å². The van der Waals surface area contributed by atoms with E-state index in [4.69, 9.17) is 9.47 Å². The maximum absolute atomic E-state index is 12.7. The van der Waals surface area contributed by atoms with E-state index in [1.807, 2.05) is 6.07 Å². The summed E-state index contributed by atoms with van der Waals surface area (Å²) in [5, 5.41) is 0.341. The van der Waals surface area contributed by atoms with Gasteiger partial charge < -0.3 is 14.0 Å². The summed E-state index contributed by atoms with van der Waals surface area (Å²) >= 11 is 0. The predicted molar refractivity (Wildman–Crippen MR) is 81.3 cm³/mol. The molecule has 0 bridgehead atoms. The molecule has 0 amide bonds. The lowest BCUT2D eigenvalue weighted by Crippen LogP contribution is -2.11. The first kappa shape index (κ1) is 13.7. The summed E-state index contributed by atoms with van der Waals surface area (Å²) in [6.07, 6.45) is 0. The molecule has 0 N–H and O–H groups in total. The number of nitrogens with zero attached hydrogens (tertiary/aromatic N) is 1. The average molecular weight is 303 g/mol. The van der Waals surface area contributed by atoms with E-state index in [1.54, 1.807) is 36.4 Å². The molecular formula is C15H13NO4S. The lowest BCUT2D eigenvalue weighted by molar-refractivity contribution is 0.398. The molecule has 1 heterocycles. The first-order valence-corrected chi connectivity index (χ1v) is 7.35. The maximum atomic E-state index is 12.7. The van der Waals surface area contributed by atoms with Gasteiger partial charge >= 0.3 is 5.56 Å². The van der Waals surface area contributed by atoms with Crippen molar-refractivity contribution < 1.29 is 14.0 Å². The highest BCUT2D eigenvalue weighted by Gasteiger charge is 2.24. The van der Waals surface area contributed by atoms with Crippen LogP contribution in [0.5, 0.6) is 11.5 Å². The van der Waals surface area contributed by atoms with Crippen molar-refractivity contribution in [3.8, 4) is 17.2 Å². The molecule has 3 rings (SSSR count). The van der Waals surface area contributed by atoms with Gasteiger partial charge in [-0.25, -0.2) is 0 Å². The summed E-state index contributed by atoms with van der Waals surface area (Å²) in [6.45, 7) is 0. The molecular weight excluding hydrogens is 290 g/mol. The Morgan fingerprint density at radius 1 is 1.10 bits per heavy atom. The number of para-hydroxylation sites is 1. The molecule has 5 nitrogen and oxygen atoms in total. The van der Waals surface area contributed by atoms with Gasteiger partial charge in [-0.15, -0.1) is 3.96 Å². The van der Waals surface area contributed by atoms with E-state index in [1.165, 1.54) is 18.2 Å². The van der Waals surface area contributed by atoms with Gasteiger partial charge in [0.1, 0.15) is 11.1 Å². The second kappa shape index (κ2) is 5.23. The zero-order valence-corrected chi connectivity index (χ0v) is 12.3. The Morgan fingerprint density at radius 2 is 1.81 bits per heavy atom. The highest BCUT2D eigenvalue weighted by molar-refractivity contribution is 7.27. The fraction of sp³-hybridized carbons (Fsp3) is 0.133. The summed E-state index contributed by atoms with van der Waals surface area (Å²) in [5.41, 5.74) is 0.254. The summed E-state index contributed by atoms with van der Waals surface area (Å²) in [5.74, 6) is 0.875. The van der Waals surface area contributed by atoms with Crippen LogP contribution in [0.25, 0.3) is 15.8 Å². The molecule has 21 heavy (non-hydrogen) atoms. The number of aromatic nitrogens is 1. The zero-order chi connectivity index (χ0) is 15.0. The van der Waals surface area contributed by atoms with Crippen LogP contribution in [0.4, 0.5) is 0 Å². The van der Waals surface area contributed by atoms with E-state index < -0.39 is 10.9 Å². The standard InChI is InChI=1S/C15H13NO4S/c1-19-11-8-12-14(13(9-11)20-2)21(18)16(15(12)17)10-6-4-3-5-7-10/h3-9H,1-2H3. The van der Waals surface area contributed by atoms with Gasteiger partial charge in [0, 0.05) is 6.07 Å². The maximum Gasteiger partial charge on any atom is 0.309 e. The van der Waals surface area contributed by atoms with Crippen LogP contribution >= 0.6 is 10.9 Å². The van der Waals surface area contributed by atoms with Gasteiger partial charge in [-0.1, -0.05) is 18.2 Å². The topological polar surface area (TPSA) is 63.5 Å². The van der Waals surface area contributed by atoms with Gasteiger partial charge in [0.15, 0.2) is 5.75 Å². The third-order valence-corrected chi connectivity index (χ3v) is 4.71. The van der Waals surface area contributed by atoms with Crippen molar-refractivity contribution in [2.75, 3.05) is 14.2 Å². The SMILES string of the molecule is COc1cc(OC)c2c(c1)c(=O)n(-c1ccccc1)[s+]2[O-]. The number of fused-ring (bicyclic) bond motifs is 1. The van der Waals surface area contributed by atoms with Crippen LogP contribution in [0.15, 0.2) is 47.3 Å². The van der Waals surface area contributed by atoms with Crippen LogP contribution < -0.4 is 15.0 Å². The minimum Gasteiger partial charge on any atom is -0.569 e. The quantitative estimate of drug-likeness (QED) is 0.698. The normalized spacial score (nSPS) is 11.7. The molecule has 6 heteroatoms. The third kappa shape index (κ3) is 2.09. The molecule has 0 aliphatic carbocycles. The van der Waals surface area contributed by atoms with E-state index in [0.29, 0.717) is 27.3 Å². The number of methoxy groups -OCH3 is 2. The number of hydrogen-bond donors (Lipinski definition) is 0. The fourth-order valence-corrected chi connectivity index (χ4v) is 3.63. The van der Waals surface area contributed by atoms with Crippen LogP contribution in [0.2, 0.25) is 0 Å². The molecule has 1 unspecified atom stereocenters. The Labute approximate surface area is 123 Å². The molecule has 1 atom stereocenters. The minimum atomic E-state index is -1.64. The Kier molecular flexibility index (Phi) is 3.40. The van der Waals surface area contributed by atoms with Crippen molar-refractivity contribution in [1.29, 1.82) is 0 Å². The van der Waals surface area contributed by atoms with E-state index >= 15 is 0 Å². The Balaban J connectivity index is 2.42. The van der Waals surface area contributed by atoms with E-state index in [2.05, 4.69) is 0 Å². The molecule has 0 saturated carbocycles. The highest BCUT2D eigenvalue weighted by atomic mass is 32.2. The van der Waals surface area contributed by atoms with Crippen LogP contribution in [0.3, 0.4) is 0 Å². The highest BCUT2D eigenvalue weighted by Crippen LogP contribution is 2.38. The molecule has 0 fully saturated rings. The second-order valence-corrected chi connectivity index (χ2v) is 5.66. The monoisotopic (exact) mass is 303 g/mol. The minimum absolute atomic E-state index is 0.327. The van der Waals surface area contributed by atoms with Crippen molar-refractivity contribution in [2.24, 2.45) is 0 Å². The summed E-state index contributed by atoms with van der Waals surface area (Å²) in [7, 11) is 1.35. The van der Waals surface area contributed by atoms with Crippen LogP contribution in [-0.2, 0) is 0 Å². The number of ether oxygens (including phenoxy) is 2. The molecule has 2 aromatic carbocycles.